The van der Waals surface area contributed by atoms with Gasteiger partial charge in [0.2, 0.25) is 5.91 Å². The minimum absolute atomic E-state index is 0.0859. The van der Waals surface area contributed by atoms with E-state index in [1.54, 1.807) is 38.4 Å². The van der Waals surface area contributed by atoms with Crippen LogP contribution in [0.5, 0.6) is 0 Å². The molecule has 1 rings (SSSR count). The topological polar surface area (TPSA) is 75.4 Å². The summed E-state index contributed by atoms with van der Waals surface area (Å²) in [4.78, 5) is 24.5. The molecule has 0 aliphatic heterocycles. The second-order valence-electron chi connectivity index (χ2n) is 3.78. The highest BCUT2D eigenvalue weighted by Crippen LogP contribution is 2.09. The van der Waals surface area contributed by atoms with Crippen LogP contribution < -0.4 is 11.1 Å². The first kappa shape index (κ1) is 13.0. The molecule has 3 N–H and O–H groups in total. The van der Waals surface area contributed by atoms with Crippen LogP contribution in [-0.4, -0.2) is 37.4 Å². The van der Waals surface area contributed by atoms with Gasteiger partial charge in [0.25, 0.3) is 5.91 Å². The number of carbonyl (C=O) groups is 2. The highest BCUT2D eigenvalue weighted by Gasteiger charge is 2.12. The predicted molar refractivity (Wildman–Crippen MR) is 66.5 cm³/mol. The molecule has 0 spiro atoms. The highest BCUT2D eigenvalue weighted by atomic mass is 16.2. The Morgan fingerprint density at radius 2 is 2.12 bits per heavy atom. The monoisotopic (exact) mass is 235 g/mol. The van der Waals surface area contributed by atoms with Crippen LogP contribution in [0.1, 0.15) is 16.8 Å². The lowest BCUT2D eigenvalue weighted by Crippen LogP contribution is -2.31. The molecule has 0 unspecified atom stereocenters. The number of hydrogen-bond acceptors (Lipinski definition) is 3. The van der Waals surface area contributed by atoms with Gasteiger partial charge in [-0.1, -0.05) is 6.07 Å². The van der Waals surface area contributed by atoms with Gasteiger partial charge in [-0.2, -0.15) is 0 Å². The van der Waals surface area contributed by atoms with E-state index in [1.807, 2.05) is 0 Å². The number of rotatable bonds is 4. The molecule has 0 radical (unpaired) electrons. The van der Waals surface area contributed by atoms with Crippen molar-refractivity contribution in [1.82, 2.24) is 10.2 Å². The quantitative estimate of drug-likeness (QED) is 0.745. The van der Waals surface area contributed by atoms with Crippen molar-refractivity contribution in [2.45, 2.75) is 6.42 Å². The van der Waals surface area contributed by atoms with E-state index in [-0.39, 0.29) is 11.8 Å². The smallest absolute Gasteiger partial charge is 0.253 e. The minimum Gasteiger partial charge on any atom is -0.399 e. The molecule has 17 heavy (non-hydrogen) atoms. The largest absolute Gasteiger partial charge is 0.399 e. The van der Waals surface area contributed by atoms with Crippen LogP contribution in [0.3, 0.4) is 0 Å². The second kappa shape index (κ2) is 5.89. The van der Waals surface area contributed by atoms with Crippen molar-refractivity contribution >= 4 is 17.5 Å². The lowest BCUT2D eigenvalue weighted by molar-refractivity contribution is -0.120. The van der Waals surface area contributed by atoms with E-state index in [4.69, 9.17) is 5.73 Å². The molecule has 1 aromatic carbocycles. The van der Waals surface area contributed by atoms with Crippen molar-refractivity contribution < 1.29 is 9.59 Å². The summed E-state index contributed by atoms with van der Waals surface area (Å²) in [6.07, 6.45) is 0.293. The molecular weight excluding hydrogens is 218 g/mol. The first-order chi connectivity index (χ1) is 8.04. The summed E-state index contributed by atoms with van der Waals surface area (Å²) in [5.41, 5.74) is 6.69. The molecule has 0 aromatic heterocycles. The van der Waals surface area contributed by atoms with Crippen LogP contribution >= 0.6 is 0 Å². The van der Waals surface area contributed by atoms with E-state index >= 15 is 0 Å². The van der Waals surface area contributed by atoms with Gasteiger partial charge >= 0.3 is 0 Å². The van der Waals surface area contributed by atoms with Crippen molar-refractivity contribution in [3.05, 3.63) is 29.8 Å². The number of hydrogen-bond donors (Lipinski definition) is 2. The van der Waals surface area contributed by atoms with Crippen LogP contribution in [0, 0.1) is 0 Å². The van der Waals surface area contributed by atoms with Crippen LogP contribution in [0.2, 0.25) is 0 Å². The molecular formula is C12H17N3O2. The van der Waals surface area contributed by atoms with E-state index < -0.39 is 0 Å². The number of amides is 2. The summed E-state index contributed by atoms with van der Waals surface area (Å²) in [7, 11) is 3.23. The van der Waals surface area contributed by atoms with Gasteiger partial charge in [0.1, 0.15) is 0 Å². The molecule has 0 atom stereocenters. The summed E-state index contributed by atoms with van der Waals surface area (Å²) in [6, 6.07) is 6.78. The van der Waals surface area contributed by atoms with Gasteiger partial charge in [-0.3, -0.25) is 9.59 Å². The summed E-state index contributed by atoms with van der Waals surface area (Å²) < 4.78 is 0. The maximum atomic E-state index is 11.9. The van der Waals surface area contributed by atoms with Crippen molar-refractivity contribution in [3.8, 4) is 0 Å². The van der Waals surface area contributed by atoms with E-state index in [1.165, 1.54) is 4.90 Å². The first-order valence-electron chi connectivity index (χ1n) is 5.36. The average molecular weight is 235 g/mol. The maximum absolute atomic E-state index is 11.9. The number of nitrogens with zero attached hydrogens (tertiary/aromatic N) is 1. The van der Waals surface area contributed by atoms with Crippen molar-refractivity contribution in [2.75, 3.05) is 26.4 Å². The average Bonchev–Trinajstić information content (AvgIpc) is 2.34. The van der Waals surface area contributed by atoms with Crippen LogP contribution in [0.4, 0.5) is 5.69 Å². The van der Waals surface area contributed by atoms with Gasteiger partial charge in [0.15, 0.2) is 0 Å². The zero-order valence-corrected chi connectivity index (χ0v) is 10.1. The number of nitrogens with one attached hydrogen (secondary N) is 1. The fourth-order valence-corrected chi connectivity index (χ4v) is 1.39. The standard InChI is InChI=1S/C12H17N3O2/c1-14-11(16)6-7-15(2)12(17)9-4-3-5-10(13)8-9/h3-5,8H,6-7,13H2,1-2H3,(H,14,16). The zero-order chi connectivity index (χ0) is 12.8. The van der Waals surface area contributed by atoms with Gasteiger partial charge in [-0.15, -0.1) is 0 Å². The number of nitrogens with two attached hydrogens (primary N) is 1. The highest BCUT2D eigenvalue weighted by molar-refractivity contribution is 5.95. The fraction of sp³-hybridized carbons (Fsp3) is 0.333. The fourth-order valence-electron chi connectivity index (χ4n) is 1.39. The molecule has 0 bridgehead atoms. The van der Waals surface area contributed by atoms with Gasteiger partial charge < -0.3 is 16.0 Å². The lowest BCUT2D eigenvalue weighted by atomic mass is 10.2. The van der Waals surface area contributed by atoms with Gasteiger partial charge in [-0.05, 0) is 18.2 Å². The molecule has 92 valence electrons. The number of nitrogen functional groups attached to an aromatic ring is 1. The van der Waals surface area contributed by atoms with E-state index in [0.29, 0.717) is 24.2 Å². The minimum atomic E-state index is -0.138. The third-order valence-electron chi connectivity index (χ3n) is 2.43. The number of carbonyl (C=O) groups excluding carboxylic acids is 2. The number of benzene rings is 1. The van der Waals surface area contributed by atoms with Crippen LogP contribution in [-0.2, 0) is 4.79 Å². The molecule has 0 aliphatic carbocycles. The molecule has 0 aliphatic rings. The Labute approximate surface area is 101 Å². The molecule has 0 heterocycles. The Hall–Kier alpha value is -2.04. The Kier molecular flexibility index (Phi) is 4.51. The van der Waals surface area contributed by atoms with Crippen LogP contribution in [0.15, 0.2) is 24.3 Å². The molecule has 0 saturated heterocycles. The second-order valence-corrected chi connectivity index (χ2v) is 3.78. The Morgan fingerprint density at radius 1 is 1.41 bits per heavy atom. The van der Waals surface area contributed by atoms with Gasteiger partial charge in [-0.25, -0.2) is 0 Å². The normalized spacial score (nSPS) is 9.76. The van der Waals surface area contributed by atoms with E-state index in [0.717, 1.165) is 0 Å². The van der Waals surface area contributed by atoms with E-state index in [9.17, 15) is 9.59 Å². The third kappa shape index (κ3) is 3.79. The zero-order valence-electron chi connectivity index (χ0n) is 10.1. The molecule has 5 heteroatoms. The molecule has 2 amide bonds. The summed E-state index contributed by atoms with van der Waals surface area (Å²) in [5, 5.41) is 2.51. The van der Waals surface area contributed by atoms with Gasteiger partial charge in [0.05, 0.1) is 0 Å². The summed E-state index contributed by atoms with van der Waals surface area (Å²) in [5.74, 6) is -0.224. The van der Waals surface area contributed by atoms with Gasteiger partial charge in [0, 0.05) is 38.3 Å². The molecule has 1 aromatic rings. The molecule has 0 fully saturated rings. The number of anilines is 1. The third-order valence-corrected chi connectivity index (χ3v) is 2.43. The van der Waals surface area contributed by atoms with E-state index in [2.05, 4.69) is 5.32 Å². The summed E-state index contributed by atoms with van der Waals surface area (Å²) >= 11 is 0. The summed E-state index contributed by atoms with van der Waals surface area (Å²) in [6.45, 7) is 0.382. The Balaban J connectivity index is 2.61. The Bertz CT molecular complexity index is 418. The van der Waals surface area contributed by atoms with Crippen molar-refractivity contribution in [3.63, 3.8) is 0 Å². The van der Waals surface area contributed by atoms with Crippen molar-refractivity contribution in [1.29, 1.82) is 0 Å². The maximum Gasteiger partial charge on any atom is 0.253 e. The molecule has 5 nitrogen and oxygen atoms in total. The van der Waals surface area contributed by atoms with Crippen molar-refractivity contribution in [2.24, 2.45) is 0 Å². The first-order valence-corrected chi connectivity index (χ1v) is 5.36. The predicted octanol–water partition coefficient (Wildman–Crippen LogP) is 0.477. The SMILES string of the molecule is CNC(=O)CCN(C)C(=O)c1cccc(N)c1. The Morgan fingerprint density at radius 3 is 2.71 bits per heavy atom. The van der Waals surface area contributed by atoms with Crippen LogP contribution in [0.25, 0.3) is 0 Å². The molecule has 0 saturated carbocycles. The lowest BCUT2D eigenvalue weighted by Gasteiger charge is -2.16.